The van der Waals surface area contributed by atoms with Gasteiger partial charge in [-0.05, 0) is 24.3 Å². The van der Waals surface area contributed by atoms with Crippen LogP contribution in [0.2, 0.25) is 0 Å². The number of aromatic nitrogens is 2. The number of anilines is 1. The molecule has 1 aromatic heterocycles. The lowest BCUT2D eigenvalue weighted by atomic mass is 10.2. The maximum atomic E-state index is 5.50. The fourth-order valence-electron chi connectivity index (χ4n) is 3.22. The molecule has 0 saturated carbocycles. The first-order valence-electron chi connectivity index (χ1n) is 8.87. The average molecular weight is 366 g/mol. The van der Waals surface area contributed by atoms with Gasteiger partial charge in [0.15, 0.2) is 11.5 Å². The van der Waals surface area contributed by atoms with Crippen LogP contribution in [0, 0.1) is 0 Å². The van der Waals surface area contributed by atoms with E-state index >= 15 is 0 Å². The average Bonchev–Trinajstić information content (AvgIpc) is 3.11. The van der Waals surface area contributed by atoms with Gasteiger partial charge in [0.05, 0.1) is 44.7 Å². The summed E-state index contributed by atoms with van der Waals surface area (Å²) in [6.45, 7) is 2.97. The van der Waals surface area contributed by atoms with Crippen LogP contribution in [-0.4, -0.2) is 56.4 Å². The van der Waals surface area contributed by atoms with Gasteiger partial charge in [-0.2, -0.15) is 9.78 Å². The topological polar surface area (TPSA) is 61.1 Å². The normalized spacial score (nSPS) is 14.8. The molecule has 0 N–H and O–H groups in total. The Balaban J connectivity index is 1.78. The molecular formula is C20H22N4O3. The Morgan fingerprint density at radius 2 is 1.85 bits per heavy atom. The Kier molecular flexibility index (Phi) is 4.93. The highest BCUT2D eigenvalue weighted by Crippen LogP contribution is 2.30. The van der Waals surface area contributed by atoms with Gasteiger partial charge in [0.2, 0.25) is 5.95 Å². The second-order valence-electron chi connectivity index (χ2n) is 6.14. The Morgan fingerprint density at radius 3 is 2.63 bits per heavy atom. The molecule has 1 aliphatic heterocycles. The summed E-state index contributed by atoms with van der Waals surface area (Å²) in [4.78, 5) is 6.99. The summed E-state index contributed by atoms with van der Waals surface area (Å²) in [5.41, 5.74) is 2.70. The first kappa shape index (κ1) is 17.4. The van der Waals surface area contributed by atoms with Crippen molar-refractivity contribution < 1.29 is 14.2 Å². The third kappa shape index (κ3) is 3.33. The number of benzene rings is 2. The summed E-state index contributed by atoms with van der Waals surface area (Å²) in [6.07, 6.45) is 1.78. The van der Waals surface area contributed by atoms with Crippen molar-refractivity contribution in [2.75, 3.05) is 45.4 Å². The highest BCUT2D eigenvalue weighted by Gasteiger charge is 2.19. The number of fused-ring (bicyclic) bond motifs is 1. The quantitative estimate of drug-likeness (QED) is 0.650. The number of ether oxygens (including phenoxy) is 3. The number of morpholine rings is 1. The third-order valence-corrected chi connectivity index (χ3v) is 4.56. The van der Waals surface area contributed by atoms with Gasteiger partial charge in [-0.1, -0.05) is 18.2 Å². The van der Waals surface area contributed by atoms with E-state index in [1.54, 1.807) is 20.4 Å². The van der Waals surface area contributed by atoms with Crippen molar-refractivity contribution in [3.05, 3.63) is 48.0 Å². The van der Waals surface area contributed by atoms with E-state index in [-0.39, 0.29) is 0 Å². The third-order valence-electron chi connectivity index (χ3n) is 4.56. The maximum absolute atomic E-state index is 5.50. The van der Waals surface area contributed by atoms with Crippen LogP contribution in [0.25, 0.3) is 11.0 Å². The molecule has 7 nitrogen and oxygen atoms in total. The lowest BCUT2D eigenvalue weighted by Gasteiger charge is -2.27. The number of hydrogen-bond acceptors (Lipinski definition) is 6. The molecule has 0 atom stereocenters. The Labute approximate surface area is 157 Å². The zero-order valence-corrected chi connectivity index (χ0v) is 15.5. The van der Waals surface area contributed by atoms with Gasteiger partial charge in [-0.25, -0.2) is 4.98 Å². The number of hydrogen-bond donors (Lipinski definition) is 0. The maximum Gasteiger partial charge on any atom is 0.227 e. The SMILES string of the molecule is COc1cccc(/C=N/n2c(N3CCOCC3)nc3ccccc32)c1OC. The van der Waals surface area contributed by atoms with E-state index in [0.717, 1.165) is 35.6 Å². The molecule has 0 aliphatic carbocycles. The fraction of sp³-hybridized carbons (Fsp3) is 0.300. The fourth-order valence-corrected chi connectivity index (χ4v) is 3.22. The molecule has 3 aromatic rings. The van der Waals surface area contributed by atoms with Gasteiger partial charge in [0.1, 0.15) is 0 Å². The number of imidazole rings is 1. The van der Waals surface area contributed by atoms with Crippen LogP contribution in [0.5, 0.6) is 11.5 Å². The van der Waals surface area contributed by atoms with E-state index in [2.05, 4.69) is 4.90 Å². The molecule has 0 bridgehead atoms. The molecule has 0 amide bonds. The first-order chi connectivity index (χ1) is 13.3. The Morgan fingerprint density at radius 1 is 1.04 bits per heavy atom. The van der Waals surface area contributed by atoms with Crippen LogP contribution < -0.4 is 14.4 Å². The van der Waals surface area contributed by atoms with Gasteiger partial charge in [-0.3, -0.25) is 0 Å². The minimum atomic E-state index is 0.654. The molecule has 0 unspecified atom stereocenters. The molecule has 2 aromatic carbocycles. The minimum Gasteiger partial charge on any atom is -0.493 e. The highest BCUT2D eigenvalue weighted by atomic mass is 16.5. The smallest absolute Gasteiger partial charge is 0.227 e. The minimum absolute atomic E-state index is 0.654. The predicted octanol–water partition coefficient (Wildman–Crippen LogP) is 2.77. The van der Waals surface area contributed by atoms with Gasteiger partial charge < -0.3 is 19.1 Å². The van der Waals surface area contributed by atoms with Gasteiger partial charge >= 0.3 is 0 Å². The van der Waals surface area contributed by atoms with E-state index in [9.17, 15) is 0 Å². The van der Waals surface area contributed by atoms with Crippen LogP contribution in [0.1, 0.15) is 5.56 Å². The summed E-state index contributed by atoms with van der Waals surface area (Å²) in [5.74, 6) is 2.14. The second-order valence-corrected chi connectivity index (χ2v) is 6.14. The molecule has 0 radical (unpaired) electrons. The van der Waals surface area contributed by atoms with E-state index in [0.29, 0.717) is 24.7 Å². The van der Waals surface area contributed by atoms with Crippen LogP contribution in [0.15, 0.2) is 47.6 Å². The van der Waals surface area contributed by atoms with Gasteiger partial charge in [0, 0.05) is 18.7 Å². The number of rotatable bonds is 5. The largest absolute Gasteiger partial charge is 0.493 e. The van der Waals surface area contributed by atoms with Crippen molar-refractivity contribution in [2.24, 2.45) is 5.10 Å². The molecule has 7 heteroatoms. The molecule has 1 aliphatic rings. The standard InChI is InChI=1S/C20H22N4O3/c1-25-18-9-5-6-15(19(18)26-2)14-21-24-17-8-4-3-7-16(17)22-20(24)23-10-12-27-13-11-23/h3-9,14H,10-13H2,1-2H3/b21-14+. The summed E-state index contributed by atoms with van der Waals surface area (Å²) < 4.78 is 18.2. The molecule has 1 fully saturated rings. The zero-order chi connectivity index (χ0) is 18.6. The monoisotopic (exact) mass is 366 g/mol. The number of para-hydroxylation sites is 3. The lowest BCUT2D eigenvalue weighted by molar-refractivity contribution is 0.122. The lowest BCUT2D eigenvalue weighted by Crippen LogP contribution is -2.37. The van der Waals surface area contributed by atoms with E-state index in [1.165, 1.54) is 0 Å². The molecule has 0 spiro atoms. The summed E-state index contributed by atoms with van der Waals surface area (Å²) in [5, 5.41) is 4.73. The number of methoxy groups -OCH3 is 2. The van der Waals surface area contributed by atoms with Gasteiger partial charge in [-0.15, -0.1) is 0 Å². The molecule has 4 rings (SSSR count). The second kappa shape index (κ2) is 7.67. The highest BCUT2D eigenvalue weighted by molar-refractivity contribution is 5.86. The van der Waals surface area contributed by atoms with Crippen molar-refractivity contribution in [3.8, 4) is 11.5 Å². The van der Waals surface area contributed by atoms with Crippen molar-refractivity contribution in [3.63, 3.8) is 0 Å². The molecule has 2 heterocycles. The van der Waals surface area contributed by atoms with E-state index in [4.69, 9.17) is 24.3 Å². The van der Waals surface area contributed by atoms with Crippen molar-refractivity contribution >= 4 is 23.2 Å². The van der Waals surface area contributed by atoms with Crippen molar-refractivity contribution in [2.45, 2.75) is 0 Å². The van der Waals surface area contributed by atoms with Crippen molar-refractivity contribution in [1.82, 2.24) is 9.66 Å². The first-order valence-corrected chi connectivity index (χ1v) is 8.87. The zero-order valence-electron chi connectivity index (χ0n) is 15.5. The van der Waals surface area contributed by atoms with E-state index in [1.807, 2.05) is 47.1 Å². The van der Waals surface area contributed by atoms with Crippen LogP contribution in [-0.2, 0) is 4.74 Å². The Bertz CT molecular complexity index is 961. The molecule has 140 valence electrons. The molecule has 1 saturated heterocycles. The van der Waals surface area contributed by atoms with Gasteiger partial charge in [0.25, 0.3) is 0 Å². The summed E-state index contributed by atoms with van der Waals surface area (Å²) in [6, 6.07) is 13.7. The molecule has 27 heavy (non-hydrogen) atoms. The summed E-state index contributed by atoms with van der Waals surface area (Å²) >= 11 is 0. The van der Waals surface area contributed by atoms with Crippen LogP contribution in [0.4, 0.5) is 5.95 Å². The van der Waals surface area contributed by atoms with Crippen molar-refractivity contribution in [1.29, 1.82) is 0 Å². The molecular weight excluding hydrogens is 344 g/mol. The van der Waals surface area contributed by atoms with Crippen LogP contribution >= 0.6 is 0 Å². The predicted molar refractivity (Wildman–Crippen MR) is 105 cm³/mol. The number of nitrogens with zero attached hydrogens (tertiary/aromatic N) is 4. The Hall–Kier alpha value is -3.06. The summed E-state index contributed by atoms with van der Waals surface area (Å²) in [7, 11) is 3.25. The van der Waals surface area contributed by atoms with E-state index < -0.39 is 0 Å². The van der Waals surface area contributed by atoms with Crippen LogP contribution in [0.3, 0.4) is 0 Å².